The molecule has 9 nitrogen and oxygen atoms in total. The molecule has 1 aliphatic carbocycles. The fraction of sp³-hybridized carbons (Fsp3) is 0.519. The molecule has 2 aromatic carbocycles. The van der Waals surface area contributed by atoms with Gasteiger partial charge in [-0.15, -0.1) is 0 Å². The maximum Gasteiger partial charge on any atom is 0.430 e. The van der Waals surface area contributed by atoms with Crippen molar-refractivity contribution >= 4 is 21.6 Å². The summed E-state index contributed by atoms with van der Waals surface area (Å²) in [5.41, 5.74) is -6.54. The zero-order chi connectivity index (χ0) is 32.1. The normalized spacial score (nSPS) is 25.0. The quantitative estimate of drug-likeness (QED) is 0.292. The third-order valence-corrected chi connectivity index (χ3v) is 9.90. The van der Waals surface area contributed by atoms with Crippen LogP contribution < -0.4 is 9.62 Å². The minimum Gasteiger partial charge on any atom is -0.396 e. The van der Waals surface area contributed by atoms with Crippen LogP contribution in [0.4, 0.5) is 32.0 Å². The molecule has 0 radical (unpaired) electrons. The summed E-state index contributed by atoms with van der Waals surface area (Å²) in [6.45, 7) is 1.24. The first-order chi connectivity index (χ1) is 19.8. The predicted octanol–water partition coefficient (Wildman–Crippen LogP) is 2.43. The van der Waals surface area contributed by atoms with Crippen LogP contribution in [0, 0.1) is 12.8 Å². The molecule has 0 saturated heterocycles. The zero-order valence-corrected chi connectivity index (χ0v) is 23.4. The van der Waals surface area contributed by atoms with Crippen molar-refractivity contribution in [3.8, 4) is 0 Å². The number of aryl methyl sites for hydroxylation is 2. The van der Waals surface area contributed by atoms with Crippen LogP contribution in [0.5, 0.6) is 0 Å². The van der Waals surface area contributed by atoms with E-state index in [1.165, 1.54) is 24.3 Å². The summed E-state index contributed by atoms with van der Waals surface area (Å²) in [5.74, 6) is -1.45. The van der Waals surface area contributed by atoms with Crippen molar-refractivity contribution in [1.82, 2.24) is 5.32 Å². The molecule has 0 aromatic heterocycles. The van der Waals surface area contributed by atoms with Crippen molar-refractivity contribution < 1.29 is 60.0 Å². The van der Waals surface area contributed by atoms with Crippen LogP contribution in [0.3, 0.4) is 0 Å². The third-order valence-electron chi connectivity index (χ3n) is 8.02. The Hall–Kier alpha value is -2.92. The van der Waals surface area contributed by atoms with Crippen molar-refractivity contribution in [2.45, 2.75) is 79.7 Å². The Balaban J connectivity index is 1.74. The van der Waals surface area contributed by atoms with Crippen molar-refractivity contribution in [2.24, 2.45) is 5.92 Å². The smallest absolute Gasteiger partial charge is 0.396 e. The highest BCUT2D eigenvalue weighted by Crippen LogP contribution is 2.51. The number of hydrogen-bond donors (Lipinski definition) is 5. The first-order valence-electron chi connectivity index (χ1n) is 13.2. The van der Waals surface area contributed by atoms with Gasteiger partial charge in [0, 0.05) is 24.5 Å². The fourth-order valence-corrected chi connectivity index (χ4v) is 7.33. The molecule has 1 fully saturated rings. The SMILES string of the molecule is Cc1ccc(S(=O)(=O)N2c3ccc(C(O)(C(F)(F)F)C(F)(F)F)cc3CCC2CC(=O)NC2CC(CO)C(O)C2O)cc1. The molecule has 2 aromatic rings. The topological polar surface area (TPSA) is 147 Å². The minimum absolute atomic E-state index is 0.0353. The number of fused-ring (bicyclic) bond motifs is 1. The molecule has 1 saturated carbocycles. The Labute approximate surface area is 242 Å². The maximum absolute atomic E-state index is 13.9. The molecule has 43 heavy (non-hydrogen) atoms. The lowest BCUT2D eigenvalue weighted by Gasteiger charge is -2.39. The van der Waals surface area contributed by atoms with E-state index in [9.17, 15) is 60.0 Å². The molecule has 0 spiro atoms. The zero-order valence-electron chi connectivity index (χ0n) is 22.6. The second-order valence-corrected chi connectivity index (χ2v) is 12.7. The van der Waals surface area contributed by atoms with Crippen molar-refractivity contribution in [3.05, 3.63) is 59.2 Å². The average molecular weight is 641 g/mol. The molecule has 5 atom stereocenters. The monoisotopic (exact) mass is 640 g/mol. The molecule has 2 aliphatic rings. The number of carbonyl (C=O) groups excluding carboxylic acids is 1. The lowest BCUT2D eigenvalue weighted by atomic mass is 9.87. The Morgan fingerprint density at radius 3 is 2.14 bits per heavy atom. The molecule has 1 aliphatic heterocycles. The number of amides is 1. The largest absolute Gasteiger partial charge is 0.430 e. The number of hydrogen-bond acceptors (Lipinski definition) is 7. The van der Waals surface area contributed by atoms with Crippen LogP contribution in [-0.4, -0.2) is 78.0 Å². The summed E-state index contributed by atoms with van der Waals surface area (Å²) in [6, 6.07) is 4.96. The predicted molar refractivity (Wildman–Crippen MR) is 139 cm³/mol. The van der Waals surface area contributed by atoms with E-state index in [4.69, 9.17) is 0 Å². The molecule has 1 amide bonds. The second kappa shape index (κ2) is 11.5. The molecule has 0 bridgehead atoms. The summed E-state index contributed by atoms with van der Waals surface area (Å²) in [5, 5.41) is 42.0. The van der Waals surface area contributed by atoms with Gasteiger partial charge in [-0.2, -0.15) is 26.3 Å². The highest BCUT2D eigenvalue weighted by molar-refractivity contribution is 7.92. The van der Waals surface area contributed by atoms with Crippen molar-refractivity contribution in [3.63, 3.8) is 0 Å². The molecular formula is C27H30F6N2O7S. The molecule has 5 N–H and O–H groups in total. The Morgan fingerprint density at radius 2 is 1.60 bits per heavy atom. The number of alkyl halides is 6. The summed E-state index contributed by atoms with van der Waals surface area (Å²) in [7, 11) is -4.53. The number of halogens is 6. The summed E-state index contributed by atoms with van der Waals surface area (Å²) in [4.78, 5) is 12.8. The van der Waals surface area contributed by atoms with Gasteiger partial charge < -0.3 is 25.7 Å². The Kier molecular flexibility index (Phi) is 8.85. The van der Waals surface area contributed by atoms with Gasteiger partial charge in [0.15, 0.2) is 0 Å². The van der Waals surface area contributed by atoms with Gasteiger partial charge in [-0.1, -0.05) is 29.8 Å². The van der Waals surface area contributed by atoms with Gasteiger partial charge in [0.25, 0.3) is 15.6 Å². The number of nitrogens with one attached hydrogen (secondary N) is 1. The van der Waals surface area contributed by atoms with Gasteiger partial charge in [-0.25, -0.2) is 8.42 Å². The van der Waals surface area contributed by atoms with E-state index in [0.29, 0.717) is 17.7 Å². The Bertz CT molecular complexity index is 1440. The van der Waals surface area contributed by atoms with E-state index in [-0.39, 0.29) is 35.4 Å². The summed E-state index contributed by atoms with van der Waals surface area (Å²) in [6.07, 6.45) is -15.9. The second-order valence-electron chi connectivity index (χ2n) is 10.9. The molecule has 238 valence electrons. The molecule has 4 rings (SSSR count). The number of benzene rings is 2. The van der Waals surface area contributed by atoms with Gasteiger partial charge in [-0.05, 0) is 49.9 Å². The molecule has 1 heterocycles. The molecule has 16 heteroatoms. The van der Waals surface area contributed by atoms with Gasteiger partial charge in [0.05, 0.1) is 28.8 Å². The van der Waals surface area contributed by atoms with Crippen LogP contribution in [0.1, 0.15) is 36.0 Å². The van der Waals surface area contributed by atoms with Crippen molar-refractivity contribution in [2.75, 3.05) is 10.9 Å². The molecule has 5 unspecified atom stereocenters. The van der Waals surface area contributed by atoms with E-state index in [1.54, 1.807) is 6.92 Å². The number of rotatable bonds is 7. The van der Waals surface area contributed by atoms with Gasteiger partial charge in [0.2, 0.25) is 5.91 Å². The highest BCUT2D eigenvalue weighted by Gasteiger charge is 2.71. The van der Waals surface area contributed by atoms with E-state index in [2.05, 4.69) is 5.32 Å². The third kappa shape index (κ3) is 5.94. The summed E-state index contributed by atoms with van der Waals surface area (Å²) < 4.78 is 110. The highest BCUT2D eigenvalue weighted by atomic mass is 32.2. The number of anilines is 1. The van der Waals surface area contributed by atoms with E-state index in [0.717, 1.165) is 10.4 Å². The van der Waals surface area contributed by atoms with E-state index >= 15 is 0 Å². The number of sulfonamides is 1. The number of carbonyl (C=O) groups is 1. The first kappa shape index (κ1) is 33.0. The Morgan fingerprint density at radius 1 is 1.00 bits per heavy atom. The molecular weight excluding hydrogens is 610 g/mol. The van der Waals surface area contributed by atoms with Crippen LogP contribution in [0.15, 0.2) is 47.4 Å². The van der Waals surface area contributed by atoms with Crippen LogP contribution in [-0.2, 0) is 26.8 Å². The average Bonchev–Trinajstić information content (AvgIpc) is 3.18. The van der Waals surface area contributed by atoms with Crippen molar-refractivity contribution in [1.29, 1.82) is 0 Å². The lowest BCUT2D eigenvalue weighted by molar-refractivity contribution is -0.376. The fourth-order valence-electron chi connectivity index (χ4n) is 5.61. The van der Waals surface area contributed by atoms with Crippen LogP contribution >= 0.6 is 0 Å². The van der Waals surface area contributed by atoms with Crippen LogP contribution in [0.25, 0.3) is 0 Å². The van der Waals surface area contributed by atoms with E-state index < -0.39 is 82.7 Å². The standard InChI is InChI=1S/C27H30F6N2O7S/c1-14-2-7-19(8-3-14)43(41,42)35-18(12-22(37)34-20-11-16(13-36)23(38)24(20)39)6-4-15-10-17(5-9-21(15)35)25(40,26(28,29)30)27(31,32)33/h2-3,5,7-10,16,18,20,23-24,36,38-40H,4,6,11-13H2,1H3,(H,34,37). The maximum atomic E-state index is 13.9. The number of aliphatic hydroxyl groups is 4. The van der Waals surface area contributed by atoms with Gasteiger partial charge in [-0.3, -0.25) is 9.10 Å². The summed E-state index contributed by atoms with van der Waals surface area (Å²) >= 11 is 0. The van der Waals surface area contributed by atoms with Gasteiger partial charge in [0.1, 0.15) is 6.10 Å². The number of aliphatic hydroxyl groups excluding tert-OH is 3. The first-order valence-corrected chi connectivity index (χ1v) is 14.6. The van der Waals surface area contributed by atoms with Crippen LogP contribution in [0.2, 0.25) is 0 Å². The van der Waals surface area contributed by atoms with Gasteiger partial charge >= 0.3 is 12.4 Å². The minimum atomic E-state index is -6.14. The lowest BCUT2D eigenvalue weighted by Crippen LogP contribution is -2.54. The van der Waals surface area contributed by atoms with E-state index in [1.807, 2.05) is 0 Å². The number of nitrogens with zero attached hydrogens (tertiary/aromatic N) is 1.